The van der Waals surface area contributed by atoms with Gasteiger partial charge in [-0.05, 0) is 55.7 Å². The van der Waals surface area contributed by atoms with Gasteiger partial charge < -0.3 is 20.5 Å². The number of carbonyl (C=O) groups is 2. The molecule has 0 aliphatic rings. The number of anilines is 1. The number of hydrogen-bond donors (Lipinski definition) is 3. The van der Waals surface area contributed by atoms with Crippen molar-refractivity contribution in [1.29, 1.82) is 0 Å². The zero-order valence-electron chi connectivity index (χ0n) is 13.9. The Morgan fingerprint density at radius 2 is 1.52 bits per heavy atom. The molecule has 6 nitrogen and oxygen atoms in total. The van der Waals surface area contributed by atoms with Gasteiger partial charge in [0.1, 0.15) is 11.5 Å². The smallest absolute Gasteiger partial charge is 0.313 e. The van der Waals surface area contributed by atoms with E-state index in [1.165, 1.54) is 0 Å². The van der Waals surface area contributed by atoms with E-state index in [1.54, 1.807) is 24.3 Å². The van der Waals surface area contributed by atoms with E-state index in [0.717, 1.165) is 18.6 Å². The minimum absolute atomic E-state index is 0.137. The monoisotopic (exact) mass is 342 g/mol. The van der Waals surface area contributed by atoms with Crippen molar-refractivity contribution in [3.05, 3.63) is 54.6 Å². The predicted molar refractivity (Wildman–Crippen MR) is 95.5 cm³/mol. The molecule has 0 fully saturated rings. The third kappa shape index (κ3) is 6.64. The summed E-state index contributed by atoms with van der Waals surface area (Å²) in [6.07, 6.45) is 2.23. The number of ether oxygens (including phenoxy) is 1. The second-order valence-electron chi connectivity index (χ2n) is 5.43. The van der Waals surface area contributed by atoms with Gasteiger partial charge in [-0.3, -0.25) is 9.59 Å². The number of benzene rings is 2. The SMILES string of the molecule is O=C(NCCCCCO)C(=O)Nc1ccc(Oc2ccccc2)cc1. The van der Waals surface area contributed by atoms with E-state index in [4.69, 9.17) is 9.84 Å². The Kier molecular flexibility index (Phi) is 7.46. The summed E-state index contributed by atoms with van der Waals surface area (Å²) in [4.78, 5) is 23.5. The summed E-state index contributed by atoms with van der Waals surface area (Å²) in [5.74, 6) is -0.0232. The molecule has 0 bridgehead atoms. The molecule has 2 aromatic rings. The fraction of sp³-hybridized carbons (Fsp3) is 0.263. The molecule has 0 saturated heterocycles. The molecule has 2 amide bonds. The normalized spacial score (nSPS) is 10.1. The Morgan fingerprint density at radius 1 is 0.840 bits per heavy atom. The van der Waals surface area contributed by atoms with Crippen molar-refractivity contribution in [3.63, 3.8) is 0 Å². The van der Waals surface area contributed by atoms with Gasteiger partial charge in [-0.25, -0.2) is 0 Å². The minimum atomic E-state index is -0.709. The molecule has 0 spiro atoms. The van der Waals surface area contributed by atoms with Crippen LogP contribution in [0.2, 0.25) is 0 Å². The number of para-hydroxylation sites is 1. The summed E-state index contributed by atoms with van der Waals surface area (Å²) in [6.45, 7) is 0.550. The minimum Gasteiger partial charge on any atom is -0.457 e. The summed E-state index contributed by atoms with van der Waals surface area (Å²) in [7, 11) is 0. The van der Waals surface area contributed by atoms with Crippen LogP contribution in [-0.4, -0.2) is 30.1 Å². The standard InChI is InChI=1S/C19H22N2O4/c22-14-6-2-5-13-20-18(23)19(24)21-15-9-11-17(12-10-15)25-16-7-3-1-4-8-16/h1,3-4,7-12,22H,2,5-6,13-14H2,(H,20,23)(H,21,24). The first kappa shape index (κ1) is 18.5. The van der Waals surface area contributed by atoms with Crippen molar-refractivity contribution in [2.75, 3.05) is 18.5 Å². The number of aliphatic hydroxyl groups excluding tert-OH is 1. The number of unbranched alkanes of at least 4 members (excludes halogenated alkanes) is 2. The third-order valence-electron chi connectivity index (χ3n) is 3.42. The first-order valence-electron chi connectivity index (χ1n) is 8.22. The molecule has 25 heavy (non-hydrogen) atoms. The van der Waals surface area contributed by atoms with Gasteiger partial charge in [0.05, 0.1) is 0 Å². The lowest BCUT2D eigenvalue weighted by atomic mass is 10.2. The number of nitrogens with one attached hydrogen (secondary N) is 2. The van der Waals surface area contributed by atoms with Gasteiger partial charge in [-0.15, -0.1) is 0 Å². The van der Waals surface area contributed by atoms with Crippen LogP contribution in [0.5, 0.6) is 11.5 Å². The summed E-state index contributed by atoms with van der Waals surface area (Å²) in [6, 6.07) is 16.1. The highest BCUT2D eigenvalue weighted by Crippen LogP contribution is 2.22. The Balaban J connectivity index is 1.78. The maximum Gasteiger partial charge on any atom is 0.313 e. The Bertz CT molecular complexity index is 672. The quantitative estimate of drug-likeness (QED) is 0.508. The molecule has 0 heterocycles. The van der Waals surface area contributed by atoms with Gasteiger partial charge in [0.2, 0.25) is 0 Å². The molecular weight excluding hydrogens is 320 g/mol. The molecule has 2 aromatic carbocycles. The third-order valence-corrected chi connectivity index (χ3v) is 3.42. The van der Waals surface area contributed by atoms with Crippen LogP contribution in [0, 0.1) is 0 Å². The maximum atomic E-state index is 11.8. The van der Waals surface area contributed by atoms with Crippen molar-refractivity contribution in [2.24, 2.45) is 0 Å². The lowest BCUT2D eigenvalue weighted by molar-refractivity contribution is -0.136. The Morgan fingerprint density at radius 3 is 2.20 bits per heavy atom. The van der Waals surface area contributed by atoms with Crippen molar-refractivity contribution < 1.29 is 19.4 Å². The van der Waals surface area contributed by atoms with Gasteiger partial charge in [0.15, 0.2) is 0 Å². The first-order chi connectivity index (χ1) is 12.2. The van der Waals surface area contributed by atoms with Crippen LogP contribution in [0.4, 0.5) is 5.69 Å². The highest BCUT2D eigenvalue weighted by Gasteiger charge is 2.12. The molecule has 3 N–H and O–H groups in total. The van der Waals surface area contributed by atoms with Gasteiger partial charge >= 0.3 is 11.8 Å². The van der Waals surface area contributed by atoms with Gasteiger partial charge in [-0.2, -0.15) is 0 Å². The number of hydrogen-bond acceptors (Lipinski definition) is 4. The molecule has 6 heteroatoms. The fourth-order valence-electron chi connectivity index (χ4n) is 2.11. The van der Waals surface area contributed by atoms with Crippen LogP contribution in [0.1, 0.15) is 19.3 Å². The van der Waals surface area contributed by atoms with Gasteiger partial charge in [0.25, 0.3) is 0 Å². The van der Waals surface area contributed by atoms with Crippen molar-refractivity contribution in [2.45, 2.75) is 19.3 Å². The summed E-state index contributed by atoms with van der Waals surface area (Å²) in [5, 5.41) is 13.8. The number of carbonyl (C=O) groups excluding carboxylic acids is 2. The van der Waals surface area contributed by atoms with Crippen LogP contribution in [0.25, 0.3) is 0 Å². The van der Waals surface area contributed by atoms with Crippen molar-refractivity contribution in [1.82, 2.24) is 5.32 Å². The van der Waals surface area contributed by atoms with Crippen LogP contribution in [-0.2, 0) is 9.59 Å². The average Bonchev–Trinajstić information content (AvgIpc) is 2.64. The zero-order valence-corrected chi connectivity index (χ0v) is 13.9. The van der Waals surface area contributed by atoms with E-state index in [-0.39, 0.29) is 6.61 Å². The van der Waals surface area contributed by atoms with Crippen LogP contribution >= 0.6 is 0 Å². The van der Waals surface area contributed by atoms with Crippen molar-refractivity contribution in [3.8, 4) is 11.5 Å². The van der Waals surface area contributed by atoms with E-state index in [2.05, 4.69) is 10.6 Å². The molecule has 0 aliphatic carbocycles. The Labute approximate surface area is 146 Å². The van der Waals surface area contributed by atoms with E-state index in [1.807, 2.05) is 30.3 Å². The second-order valence-corrected chi connectivity index (χ2v) is 5.43. The van der Waals surface area contributed by atoms with Crippen LogP contribution in [0.3, 0.4) is 0 Å². The molecule has 2 rings (SSSR count). The highest BCUT2D eigenvalue weighted by atomic mass is 16.5. The molecule has 0 aliphatic heterocycles. The van der Waals surface area contributed by atoms with Crippen molar-refractivity contribution >= 4 is 17.5 Å². The van der Waals surface area contributed by atoms with Gasteiger partial charge in [-0.1, -0.05) is 18.2 Å². The molecule has 0 radical (unpaired) electrons. The summed E-state index contributed by atoms with van der Waals surface area (Å²) >= 11 is 0. The Hall–Kier alpha value is -2.86. The number of rotatable bonds is 8. The maximum absolute atomic E-state index is 11.8. The van der Waals surface area contributed by atoms with E-state index in [0.29, 0.717) is 24.4 Å². The second kappa shape index (κ2) is 10.1. The topological polar surface area (TPSA) is 87.7 Å². The predicted octanol–water partition coefficient (Wildman–Crippen LogP) is 2.70. The van der Waals surface area contributed by atoms with E-state index in [9.17, 15) is 9.59 Å². The largest absolute Gasteiger partial charge is 0.457 e. The molecule has 0 saturated carbocycles. The van der Waals surface area contributed by atoms with Gasteiger partial charge in [0, 0.05) is 18.8 Å². The first-order valence-corrected chi connectivity index (χ1v) is 8.22. The van der Waals surface area contributed by atoms with Crippen LogP contribution < -0.4 is 15.4 Å². The molecule has 0 unspecified atom stereocenters. The molecule has 0 atom stereocenters. The number of aliphatic hydroxyl groups is 1. The molecule has 0 aromatic heterocycles. The average molecular weight is 342 g/mol. The van der Waals surface area contributed by atoms with E-state index >= 15 is 0 Å². The van der Waals surface area contributed by atoms with E-state index < -0.39 is 11.8 Å². The summed E-state index contributed by atoms with van der Waals surface area (Å²) in [5.41, 5.74) is 0.515. The number of amides is 2. The highest BCUT2D eigenvalue weighted by molar-refractivity contribution is 6.39. The van der Waals surface area contributed by atoms with Crippen LogP contribution in [0.15, 0.2) is 54.6 Å². The summed E-state index contributed by atoms with van der Waals surface area (Å²) < 4.78 is 5.66. The zero-order chi connectivity index (χ0) is 17.9. The molecular formula is C19H22N2O4. The molecule has 132 valence electrons. The lowest BCUT2D eigenvalue weighted by Gasteiger charge is -2.08. The fourth-order valence-corrected chi connectivity index (χ4v) is 2.11. The lowest BCUT2D eigenvalue weighted by Crippen LogP contribution is -2.35.